The molecular weight excluding hydrogens is 336 g/mol. The quantitative estimate of drug-likeness (QED) is 0.805. The molecule has 0 aliphatic carbocycles. The number of amides is 1. The summed E-state index contributed by atoms with van der Waals surface area (Å²) in [4.78, 5) is 25.5. The van der Waals surface area contributed by atoms with Gasteiger partial charge in [0, 0.05) is 27.9 Å². The first-order valence-electron chi connectivity index (χ1n) is 8.05. The number of nitrogens with one attached hydrogen (secondary N) is 1. The first kappa shape index (κ1) is 19.1. The summed E-state index contributed by atoms with van der Waals surface area (Å²) in [7, 11) is 1.45. The van der Waals surface area contributed by atoms with Crippen LogP contribution in [0.15, 0.2) is 52.3 Å². The van der Waals surface area contributed by atoms with Crippen molar-refractivity contribution in [2.24, 2.45) is 0 Å². The number of ether oxygens (including phenoxy) is 1. The zero-order chi connectivity index (χ0) is 18.4. The maximum absolute atomic E-state index is 12.3. The van der Waals surface area contributed by atoms with Crippen LogP contribution in [0.1, 0.15) is 26.5 Å². The van der Waals surface area contributed by atoms with E-state index < -0.39 is 0 Å². The number of methoxy groups -OCH3 is 1. The molecule has 0 spiro atoms. The number of aromatic nitrogens is 1. The smallest absolute Gasteiger partial charge is 0.240 e. The van der Waals surface area contributed by atoms with Crippen LogP contribution in [0.5, 0.6) is 5.75 Å². The molecule has 0 radical (unpaired) electrons. The second-order valence-corrected chi connectivity index (χ2v) is 7.77. The van der Waals surface area contributed by atoms with Gasteiger partial charge in [0.2, 0.25) is 11.3 Å². The van der Waals surface area contributed by atoms with E-state index in [2.05, 4.69) is 5.32 Å². The minimum atomic E-state index is -0.306. The summed E-state index contributed by atoms with van der Waals surface area (Å²) < 4.78 is 6.89. The van der Waals surface area contributed by atoms with E-state index in [1.807, 2.05) is 51.1 Å². The molecule has 5 nitrogen and oxygen atoms in total. The van der Waals surface area contributed by atoms with E-state index in [0.29, 0.717) is 5.75 Å². The molecule has 0 saturated carbocycles. The number of hydrogen-bond acceptors (Lipinski definition) is 4. The van der Waals surface area contributed by atoms with Crippen molar-refractivity contribution in [2.45, 2.75) is 43.5 Å². The van der Waals surface area contributed by atoms with Gasteiger partial charge < -0.3 is 14.6 Å². The third-order valence-corrected chi connectivity index (χ3v) is 4.41. The lowest BCUT2D eigenvalue weighted by Crippen LogP contribution is -2.42. The van der Waals surface area contributed by atoms with Crippen molar-refractivity contribution in [1.82, 2.24) is 9.88 Å². The summed E-state index contributed by atoms with van der Waals surface area (Å²) in [6, 6.07) is 11.5. The van der Waals surface area contributed by atoms with Crippen molar-refractivity contribution < 1.29 is 9.53 Å². The fraction of sp³-hybridized carbons (Fsp3) is 0.368. The summed E-state index contributed by atoms with van der Waals surface area (Å²) in [5.74, 6) is 0.715. The Labute approximate surface area is 152 Å². The van der Waals surface area contributed by atoms with Gasteiger partial charge in [-0.25, -0.2) is 0 Å². The number of carbonyl (C=O) groups is 1. The first-order valence-corrected chi connectivity index (χ1v) is 9.03. The molecule has 1 aromatic heterocycles. The summed E-state index contributed by atoms with van der Waals surface area (Å²) in [5, 5.41) is 2.94. The van der Waals surface area contributed by atoms with Crippen molar-refractivity contribution in [3.63, 3.8) is 0 Å². The van der Waals surface area contributed by atoms with Crippen molar-refractivity contribution in [2.75, 3.05) is 7.11 Å². The molecule has 0 unspecified atom stereocenters. The molecule has 1 amide bonds. The molecule has 0 bridgehead atoms. The van der Waals surface area contributed by atoms with Gasteiger partial charge >= 0.3 is 0 Å². The number of pyridine rings is 1. The highest BCUT2D eigenvalue weighted by atomic mass is 32.2. The molecule has 134 valence electrons. The van der Waals surface area contributed by atoms with Gasteiger partial charge in [0.1, 0.15) is 6.54 Å². The number of rotatable bonds is 6. The number of carbonyl (C=O) groups excluding carboxylic acids is 1. The van der Waals surface area contributed by atoms with E-state index in [1.165, 1.54) is 7.11 Å². The number of nitrogens with zero attached hydrogens (tertiary/aromatic N) is 1. The molecule has 0 atom stereocenters. The van der Waals surface area contributed by atoms with E-state index >= 15 is 0 Å². The van der Waals surface area contributed by atoms with Gasteiger partial charge in [-0.3, -0.25) is 9.59 Å². The molecule has 1 aromatic carbocycles. The van der Waals surface area contributed by atoms with Crippen molar-refractivity contribution in [3.05, 3.63) is 58.5 Å². The molecular formula is C19H24N2O3S. The Balaban J connectivity index is 2.23. The molecule has 6 heteroatoms. The van der Waals surface area contributed by atoms with Crippen LogP contribution in [0.2, 0.25) is 0 Å². The van der Waals surface area contributed by atoms with Gasteiger partial charge in [-0.2, -0.15) is 0 Å². The molecule has 0 aliphatic rings. The van der Waals surface area contributed by atoms with Crippen molar-refractivity contribution in [3.8, 4) is 5.75 Å². The standard InChI is InChI=1S/C19H24N2O3S/c1-19(2,3)20-18(23)12-21-11-17(24-4)16(22)10-14(21)13-25-15-8-6-5-7-9-15/h5-11H,12-13H2,1-4H3,(H,20,23). The molecule has 25 heavy (non-hydrogen) atoms. The summed E-state index contributed by atoms with van der Waals surface area (Å²) >= 11 is 1.62. The molecule has 0 saturated heterocycles. The Morgan fingerprint density at radius 3 is 2.52 bits per heavy atom. The van der Waals surface area contributed by atoms with Crippen LogP contribution in [-0.2, 0) is 17.1 Å². The van der Waals surface area contributed by atoms with Crippen LogP contribution in [-0.4, -0.2) is 23.1 Å². The van der Waals surface area contributed by atoms with Crippen LogP contribution in [0, 0.1) is 0 Å². The van der Waals surface area contributed by atoms with Gasteiger partial charge in [-0.05, 0) is 32.9 Å². The number of thioether (sulfide) groups is 1. The first-order chi connectivity index (χ1) is 11.8. The van der Waals surface area contributed by atoms with E-state index in [0.717, 1.165) is 10.6 Å². The summed E-state index contributed by atoms with van der Waals surface area (Å²) in [6.07, 6.45) is 1.60. The Morgan fingerprint density at radius 2 is 1.92 bits per heavy atom. The highest BCUT2D eigenvalue weighted by Gasteiger charge is 2.16. The molecule has 1 N–H and O–H groups in total. The fourth-order valence-electron chi connectivity index (χ4n) is 2.30. The normalized spacial score (nSPS) is 11.2. The minimum absolute atomic E-state index is 0.107. The maximum Gasteiger partial charge on any atom is 0.240 e. The summed E-state index contributed by atoms with van der Waals surface area (Å²) in [6.45, 7) is 5.94. The number of benzene rings is 1. The Kier molecular flexibility index (Phi) is 6.31. The van der Waals surface area contributed by atoms with Gasteiger partial charge in [-0.1, -0.05) is 18.2 Å². The Morgan fingerprint density at radius 1 is 1.24 bits per heavy atom. The van der Waals surface area contributed by atoms with Gasteiger partial charge in [0.05, 0.1) is 13.3 Å². The Bertz CT molecular complexity index is 779. The largest absolute Gasteiger partial charge is 0.491 e. The lowest BCUT2D eigenvalue weighted by molar-refractivity contribution is -0.123. The van der Waals surface area contributed by atoms with Crippen molar-refractivity contribution in [1.29, 1.82) is 0 Å². The average molecular weight is 360 g/mol. The van der Waals surface area contributed by atoms with E-state index in [9.17, 15) is 9.59 Å². The molecule has 1 heterocycles. The monoisotopic (exact) mass is 360 g/mol. The van der Waals surface area contributed by atoms with E-state index in [1.54, 1.807) is 28.6 Å². The van der Waals surface area contributed by atoms with E-state index in [-0.39, 0.29) is 29.2 Å². The van der Waals surface area contributed by atoms with Crippen LogP contribution in [0.25, 0.3) is 0 Å². The lowest BCUT2D eigenvalue weighted by atomic mass is 10.1. The zero-order valence-electron chi connectivity index (χ0n) is 15.0. The molecule has 0 aliphatic heterocycles. The van der Waals surface area contributed by atoms with Crippen LogP contribution < -0.4 is 15.5 Å². The zero-order valence-corrected chi connectivity index (χ0v) is 15.9. The fourth-order valence-corrected chi connectivity index (χ4v) is 3.22. The molecule has 2 rings (SSSR count). The SMILES string of the molecule is COc1cn(CC(=O)NC(C)(C)C)c(CSc2ccccc2)cc1=O. The minimum Gasteiger partial charge on any atom is -0.491 e. The van der Waals surface area contributed by atoms with E-state index in [4.69, 9.17) is 4.74 Å². The van der Waals surface area contributed by atoms with Crippen LogP contribution in [0.4, 0.5) is 0 Å². The molecule has 2 aromatic rings. The second-order valence-electron chi connectivity index (χ2n) is 6.73. The maximum atomic E-state index is 12.3. The van der Waals surface area contributed by atoms with Crippen molar-refractivity contribution >= 4 is 17.7 Å². The third kappa shape index (κ3) is 5.98. The van der Waals surface area contributed by atoms with Gasteiger partial charge in [0.25, 0.3) is 0 Å². The van der Waals surface area contributed by atoms with Gasteiger partial charge in [-0.15, -0.1) is 11.8 Å². The van der Waals surface area contributed by atoms with Crippen LogP contribution in [0.3, 0.4) is 0 Å². The second kappa shape index (κ2) is 8.25. The third-order valence-electron chi connectivity index (χ3n) is 3.36. The number of hydrogen-bond donors (Lipinski definition) is 1. The lowest BCUT2D eigenvalue weighted by Gasteiger charge is -2.22. The van der Waals surface area contributed by atoms with Gasteiger partial charge in [0.15, 0.2) is 5.75 Å². The van der Waals surface area contributed by atoms with Crippen LogP contribution >= 0.6 is 11.8 Å². The highest BCUT2D eigenvalue weighted by Crippen LogP contribution is 2.22. The summed E-state index contributed by atoms with van der Waals surface area (Å²) in [5.41, 5.74) is 0.293. The highest BCUT2D eigenvalue weighted by molar-refractivity contribution is 7.98. The molecule has 0 fully saturated rings. The predicted octanol–water partition coefficient (Wildman–Crippen LogP) is 3.06. The average Bonchev–Trinajstić information content (AvgIpc) is 2.54. The predicted molar refractivity (Wildman–Crippen MR) is 101 cm³/mol. The Hall–Kier alpha value is -2.21. The topological polar surface area (TPSA) is 60.3 Å².